The van der Waals surface area contributed by atoms with Gasteiger partial charge in [-0.15, -0.1) is 10.2 Å². The molecule has 0 aliphatic carbocycles. The molecule has 0 aliphatic heterocycles. The van der Waals surface area contributed by atoms with Gasteiger partial charge in [0.05, 0.1) is 0 Å². The molecule has 0 aliphatic rings. The van der Waals surface area contributed by atoms with Gasteiger partial charge in [0.1, 0.15) is 17.5 Å². The average Bonchev–Trinajstić information content (AvgIpc) is 3.23. The first-order chi connectivity index (χ1) is 13.2. The number of nitriles is 1. The minimum atomic E-state index is -0.325. The minimum absolute atomic E-state index is 0.175. The SMILES string of the molecule is N#CC(=CNc1ccc(C(=O)C=Cc2ccc(F)cc2)cc1)c1nn[nH]n1. The lowest BCUT2D eigenvalue weighted by molar-refractivity contribution is 0.104. The van der Waals surface area contributed by atoms with Gasteiger partial charge in [-0.25, -0.2) is 4.39 Å². The van der Waals surface area contributed by atoms with Crippen molar-refractivity contribution in [1.29, 1.82) is 5.26 Å². The van der Waals surface area contributed by atoms with E-state index in [2.05, 4.69) is 25.9 Å². The molecule has 0 amide bonds. The maximum Gasteiger partial charge on any atom is 0.216 e. The zero-order valence-corrected chi connectivity index (χ0v) is 13.9. The lowest BCUT2D eigenvalue weighted by Crippen LogP contribution is -1.96. The number of anilines is 1. The van der Waals surface area contributed by atoms with Crippen LogP contribution in [0.3, 0.4) is 0 Å². The summed E-state index contributed by atoms with van der Waals surface area (Å²) in [5, 5.41) is 25.2. The summed E-state index contributed by atoms with van der Waals surface area (Å²) >= 11 is 0. The van der Waals surface area contributed by atoms with Gasteiger partial charge in [-0.05, 0) is 53.3 Å². The van der Waals surface area contributed by atoms with Gasteiger partial charge in [0.25, 0.3) is 0 Å². The summed E-state index contributed by atoms with van der Waals surface area (Å²) in [7, 11) is 0. The van der Waals surface area contributed by atoms with Crippen molar-refractivity contribution >= 4 is 23.1 Å². The third-order valence-corrected chi connectivity index (χ3v) is 3.56. The maximum absolute atomic E-state index is 12.9. The van der Waals surface area contributed by atoms with Crippen LogP contribution >= 0.6 is 0 Å². The molecule has 0 spiro atoms. The molecular formula is C19H13FN6O. The zero-order valence-electron chi connectivity index (χ0n) is 13.9. The number of ketones is 1. The first-order valence-corrected chi connectivity index (χ1v) is 7.84. The predicted molar refractivity (Wildman–Crippen MR) is 97.6 cm³/mol. The summed E-state index contributed by atoms with van der Waals surface area (Å²) in [5.41, 5.74) is 2.14. The van der Waals surface area contributed by atoms with Crippen LogP contribution in [0.5, 0.6) is 0 Å². The van der Waals surface area contributed by atoms with Crippen LogP contribution in [0.1, 0.15) is 21.7 Å². The van der Waals surface area contributed by atoms with Gasteiger partial charge in [-0.3, -0.25) is 4.79 Å². The number of allylic oxidation sites excluding steroid dienone is 2. The number of tetrazole rings is 1. The molecule has 0 saturated carbocycles. The highest BCUT2D eigenvalue weighted by atomic mass is 19.1. The number of hydrogen-bond acceptors (Lipinski definition) is 6. The van der Waals surface area contributed by atoms with Crippen LogP contribution in [-0.4, -0.2) is 26.4 Å². The summed E-state index contributed by atoms with van der Waals surface area (Å²) < 4.78 is 12.9. The third-order valence-electron chi connectivity index (χ3n) is 3.56. The summed E-state index contributed by atoms with van der Waals surface area (Å²) in [6.45, 7) is 0. The van der Waals surface area contributed by atoms with Gasteiger partial charge in [0, 0.05) is 17.5 Å². The van der Waals surface area contributed by atoms with E-state index in [1.807, 2.05) is 6.07 Å². The van der Waals surface area contributed by atoms with Crippen LogP contribution in [0.25, 0.3) is 11.6 Å². The quantitative estimate of drug-likeness (QED) is 0.397. The highest BCUT2D eigenvalue weighted by Crippen LogP contribution is 2.13. The Morgan fingerprint density at radius 3 is 2.52 bits per heavy atom. The molecule has 3 rings (SSSR count). The molecule has 0 bridgehead atoms. The Balaban J connectivity index is 1.65. The Hall–Kier alpha value is -4.12. The summed E-state index contributed by atoms with van der Waals surface area (Å²) in [5.74, 6) is -0.317. The normalized spacial score (nSPS) is 11.3. The smallest absolute Gasteiger partial charge is 0.216 e. The van der Waals surface area contributed by atoms with Crippen LogP contribution in [0.2, 0.25) is 0 Å². The van der Waals surface area contributed by atoms with E-state index in [4.69, 9.17) is 5.26 Å². The highest BCUT2D eigenvalue weighted by molar-refractivity contribution is 6.07. The average molecular weight is 360 g/mol. The lowest BCUT2D eigenvalue weighted by Gasteiger charge is -2.02. The van der Waals surface area contributed by atoms with Crippen molar-refractivity contribution in [2.45, 2.75) is 0 Å². The fourth-order valence-corrected chi connectivity index (χ4v) is 2.15. The van der Waals surface area contributed by atoms with Gasteiger partial charge < -0.3 is 5.32 Å². The number of carbonyl (C=O) groups is 1. The van der Waals surface area contributed by atoms with Crippen molar-refractivity contribution in [1.82, 2.24) is 20.6 Å². The summed E-state index contributed by atoms with van der Waals surface area (Å²) in [6.07, 6.45) is 4.51. The molecule has 0 fully saturated rings. The van der Waals surface area contributed by atoms with Crippen LogP contribution in [0.4, 0.5) is 10.1 Å². The topological polar surface area (TPSA) is 107 Å². The highest BCUT2D eigenvalue weighted by Gasteiger charge is 2.06. The molecule has 2 aromatic carbocycles. The summed E-state index contributed by atoms with van der Waals surface area (Å²) in [6, 6.07) is 14.6. The Labute approximate surface area is 153 Å². The van der Waals surface area contributed by atoms with Crippen molar-refractivity contribution in [3.63, 3.8) is 0 Å². The number of rotatable bonds is 6. The standard InChI is InChI=1S/C19H13FN6O/c20-16-6-1-13(2-7-16)3-10-18(27)14-4-8-17(9-5-14)22-12-15(11-21)19-23-25-26-24-19/h1-10,12,22H,(H,23,24,25,26). The molecule has 1 aromatic heterocycles. The second-order valence-corrected chi connectivity index (χ2v) is 5.38. The van der Waals surface area contributed by atoms with E-state index in [0.29, 0.717) is 11.3 Å². The number of hydrogen-bond donors (Lipinski definition) is 2. The predicted octanol–water partition coefficient (Wildman–Crippen LogP) is 3.21. The second-order valence-electron chi connectivity index (χ2n) is 5.38. The van der Waals surface area contributed by atoms with Gasteiger partial charge in [-0.1, -0.05) is 18.2 Å². The van der Waals surface area contributed by atoms with Crippen LogP contribution in [0.15, 0.2) is 60.8 Å². The van der Waals surface area contributed by atoms with Gasteiger partial charge in [0.15, 0.2) is 5.78 Å². The van der Waals surface area contributed by atoms with Gasteiger partial charge >= 0.3 is 0 Å². The van der Waals surface area contributed by atoms with Gasteiger partial charge in [0.2, 0.25) is 5.82 Å². The van der Waals surface area contributed by atoms with E-state index in [1.54, 1.807) is 42.5 Å². The number of aromatic amines is 1. The zero-order chi connectivity index (χ0) is 19.1. The second kappa shape index (κ2) is 8.31. The van der Waals surface area contributed by atoms with Crippen molar-refractivity contribution in [3.05, 3.63) is 83.6 Å². The molecule has 1 heterocycles. The minimum Gasteiger partial charge on any atom is -0.360 e. The van der Waals surface area contributed by atoms with Crippen LogP contribution in [-0.2, 0) is 0 Å². The first kappa shape index (κ1) is 17.7. The molecule has 0 atom stereocenters. The fourth-order valence-electron chi connectivity index (χ4n) is 2.15. The van der Waals surface area contributed by atoms with Gasteiger partial charge in [-0.2, -0.15) is 10.5 Å². The molecule has 2 N–H and O–H groups in total. The van der Waals surface area contributed by atoms with E-state index < -0.39 is 0 Å². The Morgan fingerprint density at radius 1 is 1.15 bits per heavy atom. The molecule has 0 unspecified atom stereocenters. The molecule has 0 radical (unpaired) electrons. The number of nitrogens with one attached hydrogen (secondary N) is 2. The number of nitrogens with zero attached hydrogens (tertiary/aromatic N) is 4. The molecule has 0 saturated heterocycles. The lowest BCUT2D eigenvalue weighted by atomic mass is 10.1. The maximum atomic E-state index is 12.9. The molecular weight excluding hydrogens is 347 g/mol. The number of aromatic nitrogens is 4. The van der Waals surface area contributed by atoms with Crippen molar-refractivity contribution < 1.29 is 9.18 Å². The number of halogens is 1. The Kier molecular flexibility index (Phi) is 5.45. The Bertz CT molecular complexity index is 1020. The molecule has 27 heavy (non-hydrogen) atoms. The van der Waals surface area contributed by atoms with E-state index in [0.717, 1.165) is 5.56 Å². The van der Waals surface area contributed by atoms with E-state index >= 15 is 0 Å². The largest absolute Gasteiger partial charge is 0.360 e. The molecule has 8 heteroatoms. The fraction of sp³-hybridized carbons (Fsp3) is 0. The van der Waals surface area contributed by atoms with E-state index in [-0.39, 0.29) is 23.0 Å². The van der Waals surface area contributed by atoms with E-state index in [1.165, 1.54) is 24.4 Å². The van der Waals surface area contributed by atoms with E-state index in [9.17, 15) is 9.18 Å². The number of carbonyl (C=O) groups excluding carboxylic acids is 1. The van der Waals surface area contributed by atoms with Crippen molar-refractivity contribution in [3.8, 4) is 6.07 Å². The molecule has 7 nitrogen and oxygen atoms in total. The monoisotopic (exact) mass is 360 g/mol. The van der Waals surface area contributed by atoms with Crippen molar-refractivity contribution in [2.75, 3.05) is 5.32 Å². The third kappa shape index (κ3) is 4.70. The number of H-pyrrole nitrogens is 1. The first-order valence-electron chi connectivity index (χ1n) is 7.84. The van der Waals surface area contributed by atoms with Crippen LogP contribution < -0.4 is 5.32 Å². The summed E-state index contributed by atoms with van der Waals surface area (Å²) in [4.78, 5) is 12.2. The molecule has 132 valence electrons. The molecule has 3 aromatic rings. The Morgan fingerprint density at radius 2 is 1.89 bits per heavy atom. The van der Waals surface area contributed by atoms with Crippen LogP contribution in [0, 0.1) is 17.1 Å². The van der Waals surface area contributed by atoms with Crippen molar-refractivity contribution in [2.24, 2.45) is 0 Å². The number of benzene rings is 2.